The highest BCUT2D eigenvalue weighted by molar-refractivity contribution is 5.44. The summed E-state index contributed by atoms with van der Waals surface area (Å²) in [5, 5.41) is 0. The second-order valence-corrected chi connectivity index (χ2v) is 2.69. The van der Waals surface area contributed by atoms with Gasteiger partial charge in [-0.15, -0.1) is 0 Å². The van der Waals surface area contributed by atoms with Crippen LogP contribution < -0.4 is 16.9 Å². The third-order valence-corrected chi connectivity index (χ3v) is 1.61. The van der Waals surface area contributed by atoms with Crippen molar-refractivity contribution < 1.29 is 4.84 Å². The van der Waals surface area contributed by atoms with Crippen LogP contribution in [0.2, 0.25) is 0 Å². The summed E-state index contributed by atoms with van der Waals surface area (Å²) in [5.41, 5.74) is 15.6. The SMILES string of the molecule is CCONc1cccc(C(N)N)c1. The third-order valence-electron chi connectivity index (χ3n) is 1.61. The summed E-state index contributed by atoms with van der Waals surface area (Å²) in [4.78, 5) is 5.02. The van der Waals surface area contributed by atoms with Crippen LogP contribution in [0.4, 0.5) is 5.69 Å². The molecule has 1 aromatic rings. The first-order chi connectivity index (χ1) is 6.24. The van der Waals surface area contributed by atoms with Crippen LogP contribution in [-0.4, -0.2) is 6.61 Å². The fourth-order valence-electron chi connectivity index (χ4n) is 0.965. The Morgan fingerprint density at radius 1 is 1.46 bits per heavy atom. The first-order valence-electron chi connectivity index (χ1n) is 4.23. The van der Waals surface area contributed by atoms with Crippen LogP contribution in [0.5, 0.6) is 0 Å². The lowest BCUT2D eigenvalue weighted by Gasteiger charge is -2.09. The van der Waals surface area contributed by atoms with E-state index >= 15 is 0 Å². The maximum absolute atomic E-state index is 5.52. The van der Waals surface area contributed by atoms with E-state index in [4.69, 9.17) is 16.3 Å². The molecule has 13 heavy (non-hydrogen) atoms. The normalized spacial score (nSPS) is 10.5. The lowest BCUT2D eigenvalue weighted by Crippen LogP contribution is -2.20. The molecule has 0 unspecified atom stereocenters. The summed E-state index contributed by atoms with van der Waals surface area (Å²) in [7, 11) is 0. The van der Waals surface area contributed by atoms with Gasteiger partial charge < -0.3 is 11.5 Å². The van der Waals surface area contributed by atoms with E-state index in [1.54, 1.807) is 0 Å². The molecule has 0 saturated carbocycles. The Kier molecular flexibility index (Phi) is 3.70. The Labute approximate surface area is 77.8 Å². The average Bonchev–Trinajstić information content (AvgIpc) is 2.15. The molecular formula is C9H15N3O. The first-order valence-corrected chi connectivity index (χ1v) is 4.23. The molecule has 72 valence electrons. The van der Waals surface area contributed by atoms with Crippen LogP contribution in [0.25, 0.3) is 0 Å². The highest BCUT2D eigenvalue weighted by Gasteiger charge is 1.99. The van der Waals surface area contributed by atoms with E-state index < -0.39 is 6.17 Å². The molecule has 1 rings (SSSR count). The molecule has 0 spiro atoms. The molecule has 0 bridgehead atoms. The molecule has 0 atom stereocenters. The van der Waals surface area contributed by atoms with Crippen LogP contribution >= 0.6 is 0 Å². The quantitative estimate of drug-likeness (QED) is 0.478. The molecule has 0 saturated heterocycles. The molecule has 0 fully saturated rings. The Hall–Kier alpha value is -1.10. The second kappa shape index (κ2) is 4.81. The molecule has 0 aliphatic rings. The number of nitrogens with two attached hydrogens (primary N) is 2. The summed E-state index contributed by atoms with van der Waals surface area (Å²) in [6.07, 6.45) is -0.441. The van der Waals surface area contributed by atoms with Crippen molar-refractivity contribution in [2.75, 3.05) is 12.1 Å². The number of hydrogen-bond donors (Lipinski definition) is 3. The van der Waals surface area contributed by atoms with Crippen molar-refractivity contribution in [1.82, 2.24) is 0 Å². The maximum atomic E-state index is 5.52. The highest BCUT2D eigenvalue weighted by atomic mass is 16.6. The Morgan fingerprint density at radius 3 is 2.85 bits per heavy atom. The van der Waals surface area contributed by atoms with Crippen molar-refractivity contribution in [3.8, 4) is 0 Å². The fraction of sp³-hybridized carbons (Fsp3) is 0.333. The molecule has 1 aromatic carbocycles. The van der Waals surface area contributed by atoms with Gasteiger partial charge in [0.05, 0.1) is 18.5 Å². The molecule has 0 aliphatic heterocycles. The van der Waals surface area contributed by atoms with Crippen molar-refractivity contribution in [3.05, 3.63) is 29.8 Å². The zero-order chi connectivity index (χ0) is 9.68. The monoisotopic (exact) mass is 181 g/mol. The van der Waals surface area contributed by atoms with Crippen molar-refractivity contribution in [3.63, 3.8) is 0 Å². The van der Waals surface area contributed by atoms with E-state index in [-0.39, 0.29) is 0 Å². The van der Waals surface area contributed by atoms with Gasteiger partial charge in [-0.25, -0.2) is 0 Å². The third kappa shape index (κ3) is 3.02. The van der Waals surface area contributed by atoms with Crippen LogP contribution in [0.3, 0.4) is 0 Å². The topological polar surface area (TPSA) is 73.3 Å². The molecular weight excluding hydrogens is 166 g/mol. The molecule has 0 amide bonds. The van der Waals surface area contributed by atoms with Crippen LogP contribution in [0, 0.1) is 0 Å². The van der Waals surface area contributed by atoms with Gasteiger partial charge in [0.1, 0.15) is 0 Å². The first kappa shape index (κ1) is 9.98. The molecule has 4 nitrogen and oxygen atoms in total. The predicted molar refractivity (Wildman–Crippen MR) is 52.8 cm³/mol. The lowest BCUT2D eigenvalue weighted by molar-refractivity contribution is 0.210. The van der Waals surface area contributed by atoms with Gasteiger partial charge in [0.15, 0.2) is 0 Å². The number of anilines is 1. The van der Waals surface area contributed by atoms with Crippen molar-refractivity contribution in [2.24, 2.45) is 11.5 Å². The minimum Gasteiger partial charge on any atom is -0.312 e. The van der Waals surface area contributed by atoms with E-state index in [0.717, 1.165) is 11.3 Å². The van der Waals surface area contributed by atoms with Gasteiger partial charge in [0, 0.05) is 0 Å². The predicted octanol–water partition coefficient (Wildman–Crippen LogP) is 0.966. The van der Waals surface area contributed by atoms with Gasteiger partial charge in [0.25, 0.3) is 0 Å². The Bertz CT molecular complexity index is 263. The minimum absolute atomic E-state index is 0.441. The molecule has 0 heterocycles. The van der Waals surface area contributed by atoms with Gasteiger partial charge >= 0.3 is 0 Å². The largest absolute Gasteiger partial charge is 0.312 e. The smallest absolute Gasteiger partial charge is 0.0785 e. The lowest BCUT2D eigenvalue weighted by atomic mass is 10.2. The van der Waals surface area contributed by atoms with Crippen LogP contribution in [0.1, 0.15) is 18.7 Å². The second-order valence-electron chi connectivity index (χ2n) is 2.69. The van der Waals surface area contributed by atoms with E-state index in [9.17, 15) is 0 Å². The average molecular weight is 181 g/mol. The van der Waals surface area contributed by atoms with Gasteiger partial charge in [-0.2, -0.15) is 0 Å². The minimum atomic E-state index is -0.441. The molecule has 5 N–H and O–H groups in total. The van der Waals surface area contributed by atoms with E-state index in [0.29, 0.717) is 6.61 Å². The van der Waals surface area contributed by atoms with Gasteiger partial charge in [-0.05, 0) is 24.6 Å². The van der Waals surface area contributed by atoms with Crippen molar-refractivity contribution in [1.29, 1.82) is 0 Å². The van der Waals surface area contributed by atoms with Gasteiger partial charge in [-0.3, -0.25) is 10.3 Å². The standard InChI is InChI=1S/C9H15N3O/c1-2-13-12-8-5-3-4-7(6-8)9(10)11/h3-6,9,12H,2,10-11H2,1H3. The summed E-state index contributed by atoms with van der Waals surface area (Å²) in [5.74, 6) is 0. The number of benzene rings is 1. The van der Waals surface area contributed by atoms with E-state index in [1.807, 2.05) is 31.2 Å². The maximum Gasteiger partial charge on any atom is 0.0785 e. The summed E-state index contributed by atoms with van der Waals surface area (Å²) >= 11 is 0. The highest BCUT2D eigenvalue weighted by Crippen LogP contribution is 2.12. The van der Waals surface area contributed by atoms with Crippen molar-refractivity contribution in [2.45, 2.75) is 13.1 Å². The molecule has 0 aromatic heterocycles. The zero-order valence-electron chi connectivity index (χ0n) is 7.66. The van der Waals surface area contributed by atoms with Gasteiger partial charge in [0.2, 0.25) is 0 Å². The number of rotatable bonds is 4. The van der Waals surface area contributed by atoms with Crippen molar-refractivity contribution >= 4 is 5.69 Å². The zero-order valence-corrected chi connectivity index (χ0v) is 7.66. The van der Waals surface area contributed by atoms with E-state index in [2.05, 4.69) is 5.48 Å². The molecule has 0 aliphatic carbocycles. The Morgan fingerprint density at radius 2 is 2.23 bits per heavy atom. The van der Waals surface area contributed by atoms with Gasteiger partial charge in [-0.1, -0.05) is 12.1 Å². The summed E-state index contributed by atoms with van der Waals surface area (Å²) in [6.45, 7) is 2.52. The van der Waals surface area contributed by atoms with E-state index in [1.165, 1.54) is 0 Å². The summed E-state index contributed by atoms with van der Waals surface area (Å²) in [6, 6.07) is 7.51. The van der Waals surface area contributed by atoms with Crippen LogP contribution in [0.15, 0.2) is 24.3 Å². The summed E-state index contributed by atoms with van der Waals surface area (Å²) < 4.78 is 0. The molecule has 4 heteroatoms. The van der Waals surface area contributed by atoms with Crippen LogP contribution in [-0.2, 0) is 4.84 Å². The molecule has 0 radical (unpaired) electrons. The number of hydrogen-bond acceptors (Lipinski definition) is 4. The Balaban J connectivity index is 2.68. The number of nitrogens with one attached hydrogen (secondary N) is 1. The fourth-order valence-corrected chi connectivity index (χ4v) is 0.965.